The van der Waals surface area contributed by atoms with Gasteiger partial charge in [0.25, 0.3) is 0 Å². The van der Waals surface area contributed by atoms with Crippen LogP contribution in [0.2, 0.25) is 0 Å². The first-order chi connectivity index (χ1) is 9.25. The molecule has 0 unspecified atom stereocenters. The highest BCUT2D eigenvalue weighted by Gasteiger charge is 2.57. The number of hydrogen-bond acceptors (Lipinski definition) is 5. The van der Waals surface area contributed by atoms with E-state index in [0.29, 0.717) is 11.4 Å². The summed E-state index contributed by atoms with van der Waals surface area (Å²) in [7, 11) is 0. The van der Waals surface area contributed by atoms with Gasteiger partial charge in [-0.05, 0) is 6.42 Å². The lowest BCUT2D eigenvalue weighted by molar-refractivity contribution is -0.253. The molecule has 1 fully saturated rings. The molecule has 2 heterocycles. The molecule has 1 aromatic rings. The van der Waals surface area contributed by atoms with Gasteiger partial charge in [0.05, 0.1) is 6.54 Å². The largest absolute Gasteiger partial charge is 0.419 e. The number of anilines is 1. The van der Waals surface area contributed by atoms with E-state index in [1.165, 1.54) is 0 Å². The van der Waals surface area contributed by atoms with E-state index in [4.69, 9.17) is 0 Å². The average Bonchev–Trinajstić information content (AvgIpc) is 2.95. The van der Waals surface area contributed by atoms with Gasteiger partial charge in [-0.3, -0.25) is 5.32 Å². The predicted octanol–water partition coefficient (Wildman–Crippen LogP) is 1.63. The molecule has 0 aliphatic carbocycles. The zero-order valence-corrected chi connectivity index (χ0v) is 11.4. The van der Waals surface area contributed by atoms with E-state index in [1.54, 1.807) is 0 Å². The first-order valence-electron chi connectivity index (χ1n) is 5.92. The number of nitrogens with one attached hydrogen (secondary N) is 1. The van der Waals surface area contributed by atoms with E-state index >= 15 is 0 Å². The minimum Gasteiger partial charge on any atom is -0.379 e. The quantitative estimate of drug-likeness (QED) is 0.870. The van der Waals surface area contributed by atoms with Crippen LogP contribution in [-0.4, -0.2) is 51.1 Å². The lowest BCUT2D eigenvalue weighted by atomic mass is 10.0. The van der Waals surface area contributed by atoms with Crippen molar-refractivity contribution in [2.45, 2.75) is 31.5 Å². The molecule has 0 spiro atoms. The zero-order valence-electron chi connectivity index (χ0n) is 10.6. The van der Waals surface area contributed by atoms with Gasteiger partial charge in [0.15, 0.2) is 5.60 Å². The molecular formula is C10H13F3N4O2S. The molecule has 0 bridgehead atoms. The van der Waals surface area contributed by atoms with Gasteiger partial charge in [0.1, 0.15) is 5.01 Å². The SMILES string of the molecule is CCc1nnc(NC(=O)N2CC[C@](O)(C(F)(F)F)C2)s1. The predicted molar refractivity (Wildman–Crippen MR) is 65.5 cm³/mol. The lowest BCUT2D eigenvalue weighted by Gasteiger charge is -2.25. The lowest BCUT2D eigenvalue weighted by Crippen LogP contribution is -2.48. The molecule has 2 rings (SSSR count). The Labute approximate surface area is 116 Å². The van der Waals surface area contributed by atoms with Crippen LogP contribution in [0.5, 0.6) is 0 Å². The summed E-state index contributed by atoms with van der Waals surface area (Å²) in [4.78, 5) is 12.7. The third-order valence-electron chi connectivity index (χ3n) is 3.05. The Morgan fingerprint density at radius 2 is 2.25 bits per heavy atom. The fourth-order valence-corrected chi connectivity index (χ4v) is 2.49. The Morgan fingerprint density at radius 3 is 2.75 bits per heavy atom. The molecule has 0 radical (unpaired) electrons. The van der Waals surface area contributed by atoms with Crippen LogP contribution in [0, 0.1) is 0 Å². The topological polar surface area (TPSA) is 78.4 Å². The number of aliphatic hydroxyl groups is 1. The van der Waals surface area contributed by atoms with Crippen LogP contribution in [-0.2, 0) is 6.42 Å². The van der Waals surface area contributed by atoms with Crippen molar-refractivity contribution in [3.63, 3.8) is 0 Å². The van der Waals surface area contributed by atoms with Gasteiger partial charge in [-0.15, -0.1) is 10.2 Å². The molecule has 0 aromatic carbocycles. The van der Waals surface area contributed by atoms with Crippen LogP contribution in [0.15, 0.2) is 0 Å². The summed E-state index contributed by atoms with van der Waals surface area (Å²) in [5, 5.41) is 20.3. The van der Waals surface area contributed by atoms with Crippen LogP contribution < -0.4 is 5.32 Å². The number of carbonyl (C=O) groups excluding carboxylic acids is 1. The fourth-order valence-electron chi connectivity index (χ4n) is 1.82. The Bertz CT molecular complexity index is 507. The van der Waals surface area contributed by atoms with Crippen molar-refractivity contribution in [2.75, 3.05) is 18.4 Å². The number of carbonyl (C=O) groups is 1. The average molecular weight is 310 g/mol. The van der Waals surface area contributed by atoms with E-state index < -0.39 is 30.8 Å². The number of aromatic nitrogens is 2. The Balaban J connectivity index is 1.98. The van der Waals surface area contributed by atoms with Crippen molar-refractivity contribution in [3.8, 4) is 0 Å². The molecule has 20 heavy (non-hydrogen) atoms. The van der Waals surface area contributed by atoms with Crippen LogP contribution in [0.3, 0.4) is 0 Å². The molecule has 6 nitrogen and oxygen atoms in total. The summed E-state index contributed by atoms with van der Waals surface area (Å²) in [6, 6.07) is -0.719. The van der Waals surface area contributed by atoms with E-state index in [9.17, 15) is 23.1 Å². The van der Waals surface area contributed by atoms with Gasteiger partial charge in [0, 0.05) is 13.0 Å². The first-order valence-corrected chi connectivity index (χ1v) is 6.74. The molecule has 1 saturated heterocycles. The number of likely N-dealkylation sites (tertiary alicyclic amines) is 1. The minimum absolute atomic E-state index is 0.165. The summed E-state index contributed by atoms with van der Waals surface area (Å²) in [5.74, 6) is 0. The number of alkyl halides is 3. The number of hydrogen-bond donors (Lipinski definition) is 2. The van der Waals surface area contributed by atoms with Crippen molar-refractivity contribution in [3.05, 3.63) is 5.01 Å². The zero-order chi connectivity index (χ0) is 15.0. The standard InChI is InChI=1S/C10H13F3N4O2S/c1-2-6-15-16-7(20-6)14-8(18)17-4-3-9(19,5-17)10(11,12)13/h19H,2-5H2,1H3,(H,14,16,18)/t9-/m1/s1. The van der Waals surface area contributed by atoms with E-state index in [2.05, 4.69) is 15.5 Å². The van der Waals surface area contributed by atoms with Crippen molar-refractivity contribution < 1.29 is 23.1 Å². The first kappa shape index (κ1) is 15.0. The normalized spacial score (nSPS) is 23.1. The van der Waals surface area contributed by atoms with E-state index in [0.717, 1.165) is 16.2 Å². The third kappa shape index (κ3) is 2.85. The molecule has 1 aliphatic heterocycles. The summed E-state index contributed by atoms with van der Waals surface area (Å²) >= 11 is 1.16. The molecule has 1 aromatic heterocycles. The van der Waals surface area contributed by atoms with E-state index in [-0.39, 0.29) is 11.7 Å². The monoisotopic (exact) mass is 310 g/mol. The second kappa shape index (κ2) is 5.17. The van der Waals surface area contributed by atoms with Gasteiger partial charge in [-0.2, -0.15) is 13.2 Å². The molecule has 2 amide bonds. The minimum atomic E-state index is -4.75. The summed E-state index contributed by atoms with van der Waals surface area (Å²) in [5.41, 5.74) is -2.83. The summed E-state index contributed by atoms with van der Waals surface area (Å²) in [6.07, 6.45) is -4.62. The van der Waals surface area contributed by atoms with Crippen LogP contribution in [0.1, 0.15) is 18.4 Å². The fraction of sp³-hybridized carbons (Fsp3) is 0.700. The molecule has 10 heteroatoms. The number of amides is 2. The molecular weight excluding hydrogens is 297 g/mol. The maximum atomic E-state index is 12.6. The summed E-state index contributed by atoms with van der Waals surface area (Å²) < 4.78 is 37.9. The highest BCUT2D eigenvalue weighted by molar-refractivity contribution is 7.15. The number of urea groups is 1. The van der Waals surface area contributed by atoms with Gasteiger partial charge >= 0.3 is 12.2 Å². The van der Waals surface area contributed by atoms with Crippen molar-refractivity contribution in [1.29, 1.82) is 0 Å². The summed E-state index contributed by atoms with van der Waals surface area (Å²) in [6.45, 7) is 0.930. The molecule has 2 N–H and O–H groups in total. The molecule has 112 valence electrons. The van der Waals surface area contributed by atoms with Gasteiger partial charge < -0.3 is 10.0 Å². The molecule has 0 saturated carbocycles. The Morgan fingerprint density at radius 1 is 1.55 bits per heavy atom. The van der Waals surface area contributed by atoms with Crippen LogP contribution in [0.4, 0.5) is 23.1 Å². The number of halogens is 3. The smallest absolute Gasteiger partial charge is 0.379 e. The van der Waals surface area contributed by atoms with Crippen molar-refractivity contribution >= 4 is 22.5 Å². The number of rotatable bonds is 2. The Kier molecular flexibility index (Phi) is 3.87. The van der Waals surface area contributed by atoms with Gasteiger partial charge in [0.2, 0.25) is 5.13 Å². The highest BCUT2D eigenvalue weighted by atomic mass is 32.1. The number of aryl methyl sites for hydroxylation is 1. The Hall–Kier alpha value is -1.42. The highest BCUT2D eigenvalue weighted by Crippen LogP contribution is 2.37. The maximum Gasteiger partial charge on any atom is 0.419 e. The van der Waals surface area contributed by atoms with Crippen LogP contribution in [0.25, 0.3) is 0 Å². The maximum absolute atomic E-state index is 12.6. The number of nitrogens with zero attached hydrogens (tertiary/aromatic N) is 3. The van der Waals surface area contributed by atoms with Crippen molar-refractivity contribution in [2.24, 2.45) is 0 Å². The second-order valence-corrected chi connectivity index (χ2v) is 5.55. The van der Waals surface area contributed by atoms with Gasteiger partial charge in [-0.1, -0.05) is 18.3 Å². The molecule has 1 atom stereocenters. The van der Waals surface area contributed by atoms with Crippen molar-refractivity contribution in [1.82, 2.24) is 15.1 Å². The number of β-amino-alcohol motifs (C(OH)–C–C–N with tert-alkyl or cyclic N) is 1. The van der Waals surface area contributed by atoms with E-state index in [1.807, 2.05) is 6.92 Å². The second-order valence-electron chi connectivity index (χ2n) is 4.49. The third-order valence-corrected chi connectivity index (χ3v) is 4.03. The van der Waals surface area contributed by atoms with Crippen LogP contribution >= 0.6 is 11.3 Å². The van der Waals surface area contributed by atoms with Gasteiger partial charge in [-0.25, -0.2) is 4.79 Å². The molecule has 1 aliphatic rings.